The van der Waals surface area contributed by atoms with Crippen molar-refractivity contribution in [2.24, 2.45) is 0 Å². The van der Waals surface area contributed by atoms with Crippen molar-refractivity contribution in [3.8, 4) is 0 Å². The number of aryl methyl sites for hydroxylation is 1. The Kier molecular flexibility index (Phi) is 5.59. The standard InChI is InChI=1S/C8H9F2N.CH2O/c1-2-6-3-4-7(8(9)10)11-5-6;1-2/h3-5,8H,2H2,1H3;1H2. The molecule has 1 rings (SSSR count). The van der Waals surface area contributed by atoms with Crippen LogP contribution in [-0.4, -0.2) is 11.8 Å². The zero-order valence-corrected chi connectivity index (χ0v) is 7.34. The van der Waals surface area contributed by atoms with Gasteiger partial charge in [0.15, 0.2) is 0 Å². The van der Waals surface area contributed by atoms with E-state index in [2.05, 4.69) is 4.98 Å². The molecule has 0 saturated heterocycles. The Labute approximate surface area is 75.6 Å². The Morgan fingerprint density at radius 3 is 2.38 bits per heavy atom. The lowest BCUT2D eigenvalue weighted by molar-refractivity contribution is -0.0979. The normalized spacial score (nSPS) is 9.23. The summed E-state index contributed by atoms with van der Waals surface area (Å²) in [7, 11) is 0. The third-order valence-corrected chi connectivity index (χ3v) is 1.48. The van der Waals surface area contributed by atoms with Gasteiger partial charge in [0, 0.05) is 6.20 Å². The van der Waals surface area contributed by atoms with Gasteiger partial charge in [0.25, 0.3) is 6.43 Å². The first-order valence-corrected chi connectivity index (χ1v) is 3.76. The highest BCUT2D eigenvalue weighted by molar-refractivity contribution is 5.14. The van der Waals surface area contributed by atoms with Gasteiger partial charge in [0.05, 0.1) is 0 Å². The smallest absolute Gasteiger partial charge is 0.280 e. The van der Waals surface area contributed by atoms with Crippen LogP contribution in [0.1, 0.15) is 24.6 Å². The van der Waals surface area contributed by atoms with Crippen molar-refractivity contribution in [2.45, 2.75) is 19.8 Å². The van der Waals surface area contributed by atoms with Crippen LogP contribution >= 0.6 is 0 Å². The topological polar surface area (TPSA) is 30.0 Å². The lowest BCUT2D eigenvalue weighted by Crippen LogP contribution is -1.90. The van der Waals surface area contributed by atoms with E-state index < -0.39 is 6.43 Å². The zero-order chi connectivity index (χ0) is 10.3. The maximum absolute atomic E-state index is 11.9. The third kappa shape index (κ3) is 3.73. The first-order chi connectivity index (χ1) is 6.24. The fourth-order valence-electron chi connectivity index (χ4n) is 0.774. The van der Waals surface area contributed by atoms with Crippen molar-refractivity contribution < 1.29 is 13.6 Å². The van der Waals surface area contributed by atoms with Crippen molar-refractivity contribution in [2.75, 3.05) is 0 Å². The highest BCUT2D eigenvalue weighted by atomic mass is 19.3. The molecule has 0 aliphatic heterocycles. The molecule has 1 aromatic rings. The maximum atomic E-state index is 11.9. The number of nitrogens with zero attached hydrogens (tertiary/aromatic N) is 1. The molecular weight excluding hydrogens is 176 g/mol. The third-order valence-electron chi connectivity index (χ3n) is 1.48. The number of pyridine rings is 1. The van der Waals surface area contributed by atoms with Crippen LogP contribution in [0.4, 0.5) is 8.78 Å². The Hall–Kier alpha value is -1.32. The van der Waals surface area contributed by atoms with Crippen molar-refractivity contribution in [3.63, 3.8) is 0 Å². The van der Waals surface area contributed by atoms with E-state index in [-0.39, 0.29) is 5.69 Å². The van der Waals surface area contributed by atoms with Crippen molar-refractivity contribution in [3.05, 3.63) is 29.6 Å². The average molecular weight is 187 g/mol. The van der Waals surface area contributed by atoms with E-state index >= 15 is 0 Å². The molecule has 0 radical (unpaired) electrons. The largest absolute Gasteiger partial charge is 0.307 e. The molecule has 1 heterocycles. The molecule has 0 unspecified atom stereocenters. The lowest BCUT2D eigenvalue weighted by atomic mass is 10.2. The summed E-state index contributed by atoms with van der Waals surface area (Å²) in [6, 6.07) is 3.04. The van der Waals surface area contributed by atoms with E-state index in [4.69, 9.17) is 4.79 Å². The van der Waals surface area contributed by atoms with Gasteiger partial charge in [-0.05, 0) is 18.1 Å². The summed E-state index contributed by atoms with van der Waals surface area (Å²) in [6.45, 7) is 3.96. The van der Waals surface area contributed by atoms with Crippen molar-refractivity contribution in [1.29, 1.82) is 0 Å². The minimum Gasteiger partial charge on any atom is -0.307 e. The minimum atomic E-state index is -2.46. The first-order valence-electron chi connectivity index (χ1n) is 3.76. The van der Waals surface area contributed by atoms with Crippen LogP contribution in [0.25, 0.3) is 0 Å². The van der Waals surface area contributed by atoms with E-state index in [9.17, 15) is 8.78 Å². The molecule has 0 amide bonds. The van der Waals surface area contributed by atoms with Crippen LogP contribution < -0.4 is 0 Å². The second-order valence-corrected chi connectivity index (χ2v) is 2.25. The molecule has 0 atom stereocenters. The minimum absolute atomic E-state index is 0.151. The van der Waals surface area contributed by atoms with Crippen LogP contribution in [0.15, 0.2) is 18.3 Å². The van der Waals surface area contributed by atoms with Gasteiger partial charge in [-0.25, -0.2) is 8.78 Å². The number of alkyl halides is 2. The second-order valence-electron chi connectivity index (χ2n) is 2.25. The van der Waals surface area contributed by atoms with Gasteiger partial charge in [-0.15, -0.1) is 0 Å². The highest BCUT2D eigenvalue weighted by Crippen LogP contribution is 2.15. The molecule has 72 valence electrons. The zero-order valence-electron chi connectivity index (χ0n) is 7.34. The summed E-state index contributed by atoms with van der Waals surface area (Å²) in [5, 5.41) is 0. The Balaban J connectivity index is 0.000000671. The van der Waals surface area contributed by atoms with Gasteiger partial charge in [0.1, 0.15) is 12.5 Å². The van der Waals surface area contributed by atoms with E-state index in [1.807, 2.05) is 13.7 Å². The summed E-state index contributed by atoms with van der Waals surface area (Å²) in [6.07, 6.45) is -0.140. The number of carbonyl (C=O) groups excluding carboxylic acids is 1. The van der Waals surface area contributed by atoms with Gasteiger partial charge < -0.3 is 4.79 Å². The molecule has 13 heavy (non-hydrogen) atoms. The molecule has 0 spiro atoms. The summed E-state index contributed by atoms with van der Waals surface area (Å²) in [5.74, 6) is 0. The SMILES string of the molecule is C=O.CCc1ccc(C(F)F)nc1. The molecule has 0 aliphatic rings. The Morgan fingerprint density at radius 1 is 1.46 bits per heavy atom. The molecule has 2 nitrogen and oxygen atoms in total. The van der Waals surface area contributed by atoms with Gasteiger partial charge >= 0.3 is 0 Å². The number of aromatic nitrogens is 1. The molecule has 4 heteroatoms. The van der Waals surface area contributed by atoms with Crippen molar-refractivity contribution in [1.82, 2.24) is 4.98 Å². The van der Waals surface area contributed by atoms with E-state index in [1.165, 1.54) is 12.3 Å². The van der Waals surface area contributed by atoms with Gasteiger partial charge in [-0.3, -0.25) is 4.98 Å². The number of hydrogen-bond acceptors (Lipinski definition) is 2. The quantitative estimate of drug-likeness (QED) is 0.711. The number of rotatable bonds is 2. The fraction of sp³-hybridized carbons (Fsp3) is 0.333. The van der Waals surface area contributed by atoms with Crippen LogP contribution in [0.5, 0.6) is 0 Å². The van der Waals surface area contributed by atoms with Crippen LogP contribution in [0, 0.1) is 0 Å². The molecule has 0 saturated carbocycles. The fourth-order valence-corrected chi connectivity index (χ4v) is 0.774. The average Bonchev–Trinajstić information content (AvgIpc) is 2.21. The number of carbonyl (C=O) groups is 1. The molecule has 0 fully saturated rings. The Morgan fingerprint density at radius 2 is 2.08 bits per heavy atom. The molecular formula is C9H11F2NO. The van der Waals surface area contributed by atoms with E-state index in [0.29, 0.717) is 0 Å². The molecule has 0 aliphatic carbocycles. The highest BCUT2D eigenvalue weighted by Gasteiger charge is 2.06. The summed E-state index contributed by atoms with van der Waals surface area (Å²) in [5.41, 5.74) is 0.830. The van der Waals surface area contributed by atoms with E-state index in [0.717, 1.165) is 12.0 Å². The number of hydrogen-bond donors (Lipinski definition) is 0. The lowest BCUT2D eigenvalue weighted by Gasteiger charge is -1.98. The molecule has 1 aromatic heterocycles. The molecule has 0 aromatic carbocycles. The monoisotopic (exact) mass is 187 g/mol. The second kappa shape index (κ2) is 6.22. The van der Waals surface area contributed by atoms with E-state index in [1.54, 1.807) is 6.07 Å². The maximum Gasteiger partial charge on any atom is 0.280 e. The Bertz CT molecular complexity index is 236. The van der Waals surface area contributed by atoms with Gasteiger partial charge in [-0.2, -0.15) is 0 Å². The molecule has 0 bridgehead atoms. The predicted molar refractivity (Wildman–Crippen MR) is 45.7 cm³/mol. The summed E-state index contributed by atoms with van der Waals surface area (Å²) in [4.78, 5) is 11.6. The summed E-state index contributed by atoms with van der Waals surface area (Å²) >= 11 is 0. The van der Waals surface area contributed by atoms with Crippen LogP contribution in [0.3, 0.4) is 0 Å². The van der Waals surface area contributed by atoms with Crippen molar-refractivity contribution >= 4 is 6.79 Å². The predicted octanol–water partition coefficient (Wildman–Crippen LogP) is 2.40. The first kappa shape index (κ1) is 11.7. The number of halogens is 2. The van der Waals surface area contributed by atoms with Gasteiger partial charge in [-0.1, -0.05) is 13.0 Å². The van der Waals surface area contributed by atoms with Gasteiger partial charge in [0.2, 0.25) is 0 Å². The van der Waals surface area contributed by atoms with Crippen LogP contribution in [0.2, 0.25) is 0 Å². The molecule has 0 N–H and O–H groups in total. The van der Waals surface area contributed by atoms with Crippen LogP contribution in [-0.2, 0) is 11.2 Å². The summed E-state index contributed by atoms with van der Waals surface area (Å²) < 4.78 is 23.9.